The molecule has 6 nitrogen and oxygen atoms in total. The average molecular weight is 427 g/mol. The Kier molecular flexibility index (Phi) is 5.78. The van der Waals surface area contributed by atoms with Crippen LogP contribution in [0.2, 0.25) is 0 Å². The molecule has 2 aliphatic heterocycles. The normalized spacial score (nSPS) is 30.8. The zero-order valence-electron chi connectivity index (χ0n) is 18.5. The van der Waals surface area contributed by atoms with Gasteiger partial charge in [-0.3, -0.25) is 14.5 Å². The van der Waals surface area contributed by atoms with E-state index >= 15 is 0 Å². The number of nitrogens with zero attached hydrogens (tertiary/aromatic N) is 2. The first kappa shape index (κ1) is 21.0. The molecule has 2 bridgehead atoms. The highest BCUT2D eigenvalue weighted by atomic mass is 16.5. The van der Waals surface area contributed by atoms with Crippen molar-refractivity contribution in [3.63, 3.8) is 0 Å². The van der Waals surface area contributed by atoms with E-state index in [2.05, 4.69) is 17.0 Å². The first-order valence-electron chi connectivity index (χ1n) is 12.0. The van der Waals surface area contributed by atoms with Crippen LogP contribution in [0.1, 0.15) is 68.7 Å². The summed E-state index contributed by atoms with van der Waals surface area (Å²) in [4.78, 5) is 28.8. The first-order chi connectivity index (χ1) is 15.1. The van der Waals surface area contributed by atoms with E-state index < -0.39 is 5.92 Å². The van der Waals surface area contributed by atoms with Crippen molar-refractivity contribution in [2.24, 2.45) is 17.8 Å². The van der Waals surface area contributed by atoms with Crippen molar-refractivity contribution in [2.75, 3.05) is 20.3 Å². The first-order valence-corrected chi connectivity index (χ1v) is 12.0. The summed E-state index contributed by atoms with van der Waals surface area (Å²) in [6, 6.07) is 3.80. The lowest BCUT2D eigenvalue weighted by Crippen LogP contribution is -2.48. The number of aliphatic hydroxyl groups excluding tert-OH is 1. The number of hydrogen-bond donors (Lipinski definition) is 1. The van der Waals surface area contributed by atoms with E-state index in [9.17, 15) is 14.7 Å². The predicted molar refractivity (Wildman–Crippen MR) is 118 cm³/mol. The number of hydrogen-bond acceptors (Lipinski definition) is 5. The minimum Gasteiger partial charge on any atom is -0.469 e. The maximum Gasteiger partial charge on any atom is 0.311 e. The number of rotatable bonds is 5. The molecule has 1 N–H and O–H groups in total. The van der Waals surface area contributed by atoms with Crippen LogP contribution in [0.25, 0.3) is 5.57 Å². The summed E-state index contributed by atoms with van der Waals surface area (Å²) in [5.74, 6) is -0.304. The highest BCUT2D eigenvalue weighted by Gasteiger charge is 2.56. The predicted octanol–water partition coefficient (Wildman–Crippen LogP) is 3.13. The molecule has 4 aliphatic rings. The topological polar surface area (TPSA) is 71.8 Å². The van der Waals surface area contributed by atoms with Gasteiger partial charge in [0.2, 0.25) is 0 Å². The molecule has 0 aromatic carbocycles. The average Bonchev–Trinajstić information content (AvgIpc) is 3.39. The monoisotopic (exact) mass is 426 g/mol. The number of aromatic nitrogens is 1. The second-order valence-electron chi connectivity index (χ2n) is 9.82. The number of ether oxygens (including phenoxy) is 1. The van der Waals surface area contributed by atoms with Gasteiger partial charge in [-0.2, -0.15) is 0 Å². The van der Waals surface area contributed by atoms with Crippen LogP contribution in [0.4, 0.5) is 0 Å². The third kappa shape index (κ3) is 3.48. The molecule has 6 heteroatoms. The molecule has 1 aromatic heterocycles. The Bertz CT molecular complexity index is 930. The molecule has 0 spiro atoms. The fourth-order valence-corrected chi connectivity index (χ4v) is 6.70. The van der Waals surface area contributed by atoms with Crippen LogP contribution in [0.3, 0.4) is 0 Å². The summed E-state index contributed by atoms with van der Waals surface area (Å²) in [5, 5.41) is 10.3. The van der Waals surface area contributed by atoms with Gasteiger partial charge in [-0.25, -0.2) is 0 Å². The molecule has 0 radical (unpaired) electrons. The second-order valence-corrected chi connectivity index (χ2v) is 9.82. The number of pyridine rings is 1. The molecule has 1 saturated carbocycles. The smallest absolute Gasteiger partial charge is 0.311 e. The van der Waals surface area contributed by atoms with Crippen LogP contribution in [0.15, 0.2) is 23.0 Å². The third-order valence-electron chi connectivity index (χ3n) is 8.22. The lowest BCUT2D eigenvalue weighted by molar-refractivity contribution is -0.148. The summed E-state index contributed by atoms with van der Waals surface area (Å²) in [7, 11) is 1.42. The van der Waals surface area contributed by atoms with Gasteiger partial charge in [-0.15, -0.1) is 0 Å². The van der Waals surface area contributed by atoms with Gasteiger partial charge in [-0.1, -0.05) is 25.3 Å². The number of aliphatic hydroxyl groups is 1. The van der Waals surface area contributed by atoms with Gasteiger partial charge in [0.25, 0.3) is 5.56 Å². The molecule has 1 saturated heterocycles. The molecule has 0 amide bonds. The zero-order valence-corrected chi connectivity index (χ0v) is 18.5. The van der Waals surface area contributed by atoms with E-state index in [1.807, 2.05) is 10.6 Å². The maximum absolute atomic E-state index is 13.5. The van der Waals surface area contributed by atoms with Crippen LogP contribution in [-0.4, -0.2) is 46.8 Å². The highest BCUT2D eigenvalue weighted by Crippen LogP contribution is 2.49. The van der Waals surface area contributed by atoms with Crippen molar-refractivity contribution in [2.45, 2.75) is 70.0 Å². The lowest BCUT2D eigenvalue weighted by atomic mass is 9.87. The molecule has 2 aliphatic carbocycles. The van der Waals surface area contributed by atoms with Gasteiger partial charge < -0.3 is 14.4 Å². The molecule has 2 fully saturated rings. The van der Waals surface area contributed by atoms with E-state index in [-0.39, 0.29) is 36.1 Å². The minimum atomic E-state index is -0.437. The Morgan fingerprint density at radius 2 is 2.00 bits per heavy atom. The summed E-state index contributed by atoms with van der Waals surface area (Å²) in [6.07, 6.45) is 11.6. The Morgan fingerprint density at radius 3 is 2.68 bits per heavy atom. The summed E-state index contributed by atoms with van der Waals surface area (Å²) in [5.41, 5.74) is 2.92. The van der Waals surface area contributed by atoms with E-state index in [1.54, 1.807) is 0 Å². The second kappa shape index (κ2) is 8.55. The molecule has 31 heavy (non-hydrogen) atoms. The molecular weight excluding hydrogens is 392 g/mol. The summed E-state index contributed by atoms with van der Waals surface area (Å²) < 4.78 is 7.09. The molecule has 4 atom stereocenters. The van der Waals surface area contributed by atoms with E-state index in [0.717, 1.165) is 42.6 Å². The van der Waals surface area contributed by atoms with Crippen molar-refractivity contribution < 1.29 is 14.6 Å². The van der Waals surface area contributed by atoms with Crippen LogP contribution in [0, 0.1) is 17.8 Å². The lowest BCUT2D eigenvalue weighted by Gasteiger charge is -2.40. The van der Waals surface area contributed by atoms with E-state index in [4.69, 9.17) is 4.74 Å². The standard InChI is InChI=1S/C25H34N2O4/c1-31-25(30)22-19(15-28)21-14-27-20(12-11-18(24(27)29)17-9-5-6-10-17)23(22)26(21)13-16-7-3-2-4-8-16/h9,11-12,16,19,21-23,28H,2-8,10,13-15H2,1H3/t19-,21-,22+,23+/m1/s1. The van der Waals surface area contributed by atoms with Crippen molar-refractivity contribution in [3.05, 3.63) is 39.8 Å². The minimum absolute atomic E-state index is 0.0148. The van der Waals surface area contributed by atoms with Crippen LogP contribution in [-0.2, 0) is 16.1 Å². The fraction of sp³-hybridized carbons (Fsp3) is 0.680. The Labute approximate surface area is 183 Å². The number of carbonyl (C=O) groups excluding carboxylic acids is 1. The Hall–Kier alpha value is -1.92. The Balaban J connectivity index is 1.57. The number of esters is 1. The van der Waals surface area contributed by atoms with Gasteiger partial charge in [0.1, 0.15) is 0 Å². The maximum atomic E-state index is 13.5. The number of allylic oxidation sites excluding steroid dienone is 2. The number of carbonyl (C=O) groups is 1. The fourth-order valence-electron chi connectivity index (χ4n) is 6.70. The quantitative estimate of drug-likeness (QED) is 0.733. The number of fused-ring (bicyclic) bond motifs is 4. The van der Waals surface area contributed by atoms with Crippen molar-refractivity contribution >= 4 is 11.5 Å². The van der Waals surface area contributed by atoms with Crippen molar-refractivity contribution in [1.29, 1.82) is 0 Å². The summed E-state index contributed by atoms with van der Waals surface area (Å²) in [6.45, 7) is 1.40. The van der Waals surface area contributed by atoms with E-state index in [1.165, 1.54) is 39.2 Å². The Morgan fingerprint density at radius 1 is 1.19 bits per heavy atom. The zero-order chi connectivity index (χ0) is 21.5. The van der Waals surface area contributed by atoms with Gasteiger partial charge in [0, 0.05) is 42.9 Å². The van der Waals surface area contributed by atoms with Gasteiger partial charge >= 0.3 is 5.97 Å². The van der Waals surface area contributed by atoms with Crippen LogP contribution < -0.4 is 5.56 Å². The molecule has 1 aromatic rings. The molecule has 5 rings (SSSR count). The van der Waals surface area contributed by atoms with Crippen LogP contribution in [0.5, 0.6) is 0 Å². The largest absolute Gasteiger partial charge is 0.469 e. The van der Waals surface area contributed by atoms with Gasteiger partial charge in [0.05, 0.1) is 19.1 Å². The third-order valence-corrected chi connectivity index (χ3v) is 8.22. The van der Waals surface area contributed by atoms with Crippen LogP contribution >= 0.6 is 0 Å². The highest BCUT2D eigenvalue weighted by molar-refractivity contribution is 5.75. The number of methoxy groups -OCH3 is 1. The SMILES string of the molecule is COC(=O)[C@H]1[C@H](CO)[C@H]2Cn3c(ccc(C4=CCCC4)c3=O)[C@@H]1N2CC1CCCCC1. The van der Waals surface area contributed by atoms with E-state index in [0.29, 0.717) is 12.5 Å². The molecule has 0 unspecified atom stereocenters. The van der Waals surface area contributed by atoms with Crippen molar-refractivity contribution in [1.82, 2.24) is 9.47 Å². The molecular formula is C25H34N2O4. The summed E-state index contributed by atoms with van der Waals surface area (Å²) >= 11 is 0. The van der Waals surface area contributed by atoms with Gasteiger partial charge in [0.15, 0.2) is 0 Å². The van der Waals surface area contributed by atoms with Gasteiger partial charge in [-0.05, 0) is 55.7 Å². The molecule has 168 valence electrons. The van der Waals surface area contributed by atoms with Crippen molar-refractivity contribution in [3.8, 4) is 0 Å². The molecule has 3 heterocycles.